The lowest BCUT2D eigenvalue weighted by Gasteiger charge is -2.12. The minimum absolute atomic E-state index is 0.00954. The van der Waals surface area contributed by atoms with Gasteiger partial charge in [-0.25, -0.2) is 4.79 Å². The molecule has 0 amide bonds. The third-order valence-corrected chi connectivity index (χ3v) is 6.92. The average Bonchev–Trinajstić information content (AvgIpc) is 2.74. The van der Waals surface area contributed by atoms with Crippen molar-refractivity contribution in [3.63, 3.8) is 0 Å². The molecule has 3 aromatic carbocycles. The molecule has 0 saturated heterocycles. The summed E-state index contributed by atoms with van der Waals surface area (Å²) in [5.41, 5.74) is 1.71. The quantitative estimate of drug-likeness (QED) is 0.374. The van der Waals surface area contributed by atoms with E-state index in [1.165, 1.54) is 42.5 Å². The highest BCUT2D eigenvalue weighted by Gasteiger charge is 2.21. The summed E-state index contributed by atoms with van der Waals surface area (Å²) < 4.78 is 60.7. The number of rotatable bonds is 8. The topological polar surface area (TPSA) is 124 Å². The molecule has 0 aliphatic rings. The molecular weight excluding hydrogens is 468 g/mol. The first-order valence-electron chi connectivity index (χ1n) is 9.54. The minimum atomic E-state index is -4.23. The Morgan fingerprint density at radius 1 is 0.758 bits per heavy atom. The van der Waals surface area contributed by atoms with Crippen LogP contribution in [0.1, 0.15) is 16.7 Å². The van der Waals surface area contributed by atoms with Crippen LogP contribution in [0.3, 0.4) is 0 Å². The molecular formula is C23H20O8S2. The molecule has 33 heavy (non-hydrogen) atoms. The second-order valence-corrected chi connectivity index (χ2v) is 10.2. The molecule has 0 aliphatic heterocycles. The van der Waals surface area contributed by atoms with Gasteiger partial charge in [0.25, 0.3) is 0 Å². The zero-order valence-electron chi connectivity index (χ0n) is 17.6. The highest BCUT2D eigenvalue weighted by molar-refractivity contribution is 7.87. The zero-order chi connectivity index (χ0) is 24.2. The van der Waals surface area contributed by atoms with Gasteiger partial charge in [0, 0.05) is 11.6 Å². The van der Waals surface area contributed by atoms with Crippen LogP contribution in [0.5, 0.6) is 11.5 Å². The lowest BCUT2D eigenvalue weighted by Crippen LogP contribution is -2.12. The maximum Gasteiger partial charge on any atom is 0.339 e. The van der Waals surface area contributed by atoms with Crippen molar-refractivity contribution in [1.82, 2.24) is 0 Å². The molecule has 0 fully saturated rings. The fourth-order valence-corrected chi connectivity index (χ4v) is 4.57. The Kier molecular flexibility index (Phi) is 6.89. The number of benzene rings is 3. The van der Waals surface area contributed by atoms with Crippen molar-refractivity contribution in [3.8, 4) is 11.5 Å². The van der Waals surface area contributed by atoms with Crippen LogP contribution in [-0.2, 0) is 25.0 Å². The standard InChI is InChI=1S/C23H20O8S2/c1-16-3-9-20(10-4-16)32(26,27)30-19-8-13-22(18(15-19)7-14-23(24)25)31-33(28,29)21-11-5-17(2)6-12-21/h3-15H,1-2H3,(H,24,25). The predicted octanol–water partition coefficient (Wildman–Crippen LogP) is 3.94. The molecule has 0 spiro atoms. The number of aliphatic carboxylic acids is 1. The van der Waals surface area contributed by atoms with Gasteiger partial charge < -0.3 is 13.5 Å². The van der Waals surface area contributed by atoms with Crippen molar-refractivity contribution in [3.05, 3.63) is 89.5 Å². The van der Waals surface area contributed by atoms with E-state index in [9.17, 15) is 21.6 Å². The second-order valence-electron chi connectivity index (χ2n) is 7.07. The van der Waals surface area contributed by atoms with Crippen molar-refractivity contribution in [2.24, 2.45) is 0 Å². The van der Waals surface area contributed by atoms with Crippen LogP contribution < -0.4 is 8.37 Å². The average molecular weight is 489 g/mol. The summed E-state index contributed by atoms with van der Waals surface area (Å²) in [6.45, 7) is 3.61. The van der Waals surface area contributed by atoms with Gasteiger partial charge in [0.15, 0.2) is 0 Å². The van der Waals surface area contributed by atoms with E-state index in [1.807, 2.05) is 6.92 Å². The summed E-state index contributed by atoms with van der Waals surface area (Å²) in [6.07, 6.45) is 1.84. The third kappa shape index (κ3) is 6.21. The van der Waals surface area contributed by atoms with Gasteiger partial charge in [0.05, 0.1) is 0 Å². The number of aryl methyl sites for hydroxylation is 2. The Balaban J connectivity index is 1.96. The molecule has 0 aromatic heterocycles. The third-order valence-electron chi connectivity index (χ3n) is 4.41. The molecule has 0 heterocycles. The van der Waals surface area contributed by atoms with E-state index in [-0.39, 0.29) is 26.9 Å². The first-order chi connectivity index (χ1) is 15.5. The van der Waals surface area contributed by atoms with Gasteiger partial charge in [0.1, 0.15) is 21.3 Å². The summed E-state index contributed by atoms with van der Waals surface area (Å²) in [6, 6.07) is 15.6. The summed E-state index contributed by atoms with van der Waals surface area (Å²) in [4.78, 5) is 10.8. The highest BCUT2D eigenvalue weighted by atomic mass is 32.2. The molecule has 0 radical (unpaired) electrons. The SMILES string of the molecule is Cc1ccc(S(=O)(=O)Oc2ccc(OS(=O)(=O)c3ccc(C)cc3)c(C=CC(=O)O)c2)cc1. The molecule has 0 unspecified atom stereocenters. The first kappa shape index (κ1) is 24.0. The maximum absolute atomic E-state index is 12.6. The van der Waals surface area contributed by atoms with Gasteiger partial charge in [-0.1, -0.05) is 35.4 Å². The van der Waals surface area contributed by atoms with E-state index >= 15 is 0 Å². The fourth-order valence-electron chi connectivity index (χ4n) is 2.70. The largest absolute Gasteiger partial charge is 0.478 e. The van der Waals surface area contributed by atoms with Crippen molar-refractivity contribution >= 4 is 32.3 Å². The van der Waals surface area contributed by atoms with Crippen LogP contribution in [-0.4, -0.2) is 27.9 Å². The van der Waals surface area contributed by atoms with Crippen molar-refractivity contribution in [1.29, 1.82) is 0 Å². The van der Waals surface area contributed by atoms with Crippen LogP contribution in [0, 0.1) is 13.8 Å². The fraction of sp³-hybridized carbons (Fsp3) is 0.0870. The predicted molar refractivity (Wildman–Crippen MR) is 121 cm³/mol. The molecule has 3 aromatic rings. The summed E-state index contributed by atoms with van der Waals surface area (Å²) in [7, 11) is -8.40. The zero-order valence-corrected chi connectivity index (χ0v) is 19.3. The Labute approximate surface area is 192 Å². The highest BCUT2D eigenvalue weighted by Crippen LogP contribution is 2.30. The van der Waals surface area contributed by atoms with Crippen LogP contribution in [0.15, 0.2) is 82.6 Å². The van der Waals surface area contributed by atoms with Crippen LogP contribution in [0.25, 0.3) is 6.08 Å². The first-order valence-corrected chi connectivity index (χ1v) is 12.4. The Hall–Kier alpha value is -3.63. The Bertz CT molecular complexity index is 1400. The number of hydrogen-bond donors (Lipinski definition) is 1. The van der Waals surface area contributed by atoms with Gasteiger partial charge in [-0.15, -0.1) is 0 Å². The molecule has 0 bridgehead atoms. The van der Waals surface area contributed by atoms with E-state index in [2.05, 4.69) is 0 Å². The van der Waals surface area contributed by atoms with Gasteiger partial charge in [-0.3, -0.25) is 0 Å². The van der Waals surface area contributed by atoms with Crippen molar-refractivity contribution in [2.45, 2.75) is 23.6 Å². The summed E-state index contributed by atoms with van der Waals surface area (Å²) in [5.74, 6) is -1.64. The minimum Gasteiger partial charge on any atom is -0.478 e. The van der Waals surface area contributed by atoms with Crippen LogP contribution in [0.4, 0.5) is 0 Å². The van der Waals surface area contributed by atoms with Crippen LogP contribution in [0.2, 0.25) is 0 Å². The number of carboxylic acids is 1. The molecule has 0 saturated carbocycles. The van der Waals surface area contributed by atoms with E-state index in [4.69, 9.17) is 13.5 Å². The van der Waals surface area contributed by atoms with Crippen molar-refractivity contribution in [2.75, 3.05) is 0 Å². The second kappa shape index (κ2) is 9.47. The van der Waals surface area contributed by atoms with Gasteiger partial charge in [0.2, 0.25) is 0 Å². The lowest BCUT2D eigenvalue weighted by molar-refractivity contribution is -0.131. The lowest BCUT2D eigenvalue weighted by atomic mass is 10.2. The van der Waals surface area contributed by atoms with E-state index in [1.54, 1.807) is 31.2 Å². The Morgan fingerprint density at radius 3 is 1.73 bits per heavy atom. The maximum atomic E-state index is 12.6. The molecule has 1 N–H and O–H groups in total. The van der Waals surface area contributed by atoms with Gasteiger partial charge >= 0.3 is 26.2 Å². The molecule has 8 nitrogen and oxygen atoms in total. The molecule has 0 aliphatic carbocycles. The van der Waals surface area contributed by atoms with E-state index < -0.39 is 26.2 Å². The Morgan fingerprint density at radius 2 is 1.24 bits per heavy atom. The number of hydrogen-bond acceptors (Lipinski definition) is 7. The number of carboxylic acid groups (broad SMARTS) is 1. The molecule has 10 heteroatoms. The smallest absolute Gasteiger partial charge is 0.339 e. The normalized spacial score (nSPS) is 11.9. The number of carbonyl (C=O) groups is 1. The monoisotopic (exact) mass is 488 g/mol. The van der Waals surface area contributed by atoms with E-state index in [0.29, 0.717) is 0 Å². The summed E-state index contributed by atoms with van der Waals surface area (Å²) >= 11 is 0. The molecule has 3 rings (SSSR count). The summed E-state index contributed by atoms with van der Waals surface area (Å²) in [5, 5.41) is 8.96. The molecule has 172 valence electrons. The van der Waals surface area contributed by atoms with Gasteiger partial charge in [-0.2, -0.15) is 16.8 Å². The van der Waals surface area contributed by atoms with Crippen molar-refractivity contribution < 1.29 is 35.1 Å². The van der Waals surface area contributed by atoms with Crippen LogP contribution >= 0.6 is 0 Å². The molecule has 0 atom stereocenters. The van der Waals surface area contributed by atoms with E-state index in [0.717, 1.165) is 23.3 Å². The van der Waals surface area contributed by atoms with Gasteiger partial charge in [-0.05, 0) is 62.4 Å².